The van der Waals surface area contributed by atoms with E-state index in [1.165, 1.54) is 36.5 Å². The summed E-state index contributed by atoms with van der Waals surface area (Å²) in [5.41, 5.74) is 1.01. The second-order valence-electron chi connectivity index (χ2n) is 5.66. The van der Waals surface area contributed by atoms with E-state index >= 15 is 0 Å². The van der Waals surface area contributed by atoms with Crippen LogP contribution >= 0.6 is 0 Å². The summed E-state index contributed by atoms with van der Waals surface area (Å²) in [6.45, 7) is 0.265. The molecule has 144 valence electrons. The Bertz CT molecular complexity index is 947. The predicted molar refractivity (Wildman–Crippen MR) is 96.1 cm³/mol. The number of carbonyl (C=O) groups excluding carboxylic acids is 1. The van der Waals surface area contributed by atoms with Gasteiger partial charge in [0.25, 0.3) is 5.91 Å². The highest BCUT2D eigenvalue weighted by Crippen LogP contribution is 2.30. The maximum Gasteiger partial charge on any atom is 0.573 e. The maximum absolute atomic E-state index is 12.5. The van der Waals surface area contributed by atoms with Gasteiger partial charge < -0.3 is 14.8 Å². The minimum absolute atomic E-state index is 0.103. The van der Waals surface area contributed by atoms with Crippen LogP contribution in [0.2, 0.25) is 0 Å². The first kappa shape index (κ1) is 19.2. The van der Waals surface area contributed by atoms with Gasteiger partial charge in [0.2, 0.25) is 5.88 Å². The molecule has 0 aliphatic rings. The van der Waals surface area contributed by atoms with Crippen molar-refractivity contribution in [1.29, 1.82) is 0 Å². The van der Waals surface area contributed by atoms with Gasteiger partial charge >= 0.3 is 6.36 Å². The predicted octanol–water partition coefficient (Wildman–Crippen LogP) is 4.81. The highest BCUT2D eigenvalue weighted by Gasteiger charge is 2.32. The molecule has 0 unspecified atom stereocenters. The summed E-state index contributed by atoms with van der Waals surface area (Å²) >= 11 is 0. The van der Waals surface area contributed by atoms with Crippen LogP contribution in [-0.4, -0.2) is 17.3 Å². The molecule has 2 aromatic carbocycles. The van der Waals surface area contributed by atoms with Gasteiger partial charge in [-0.05, 0) is 23.8 Å². The Morgan fingerprint density at radius 2 is 1.71 bits per heavy atom. The third kappa shape index (κ3) is 5.47. The van der Waals surface area contributed by atoms with Gasteiger partial charge in [0.1, 0.15) is 6.61 Å². The summed E-state index contributed by atoms with van der Waals surface area (Å²) in [6, 6.07) is 17.5. The molecule has 0 aliphatic carbocycles. The molecule has 0 spiro atoms. The van der Waals surface area contributed by atoms with Gasteiger partial charge in [-0.15, -0.1) is 13.2 Å². The molecule has 0 atom stereocenters. The molecule has 8 heteroatoms. The molecule has 1 heterocycles. The molecule has 3 rings (SSSR count). The van der Waals surface area contributed by atoms with E-state index in [1.807, 2.05) is 30.3 Å². The number of anilines is 1. The van der Waals surface area contributed by atoms with Crippen LogP contribution in [0, 0.1) is 0 Å². The number of halogens is 3. The number of pyridine rings is 1. The monoisotopic (exact) mass is 388 g/mol. The molecule has 0 bridgehead atoms. The number of carbonyl (C=O) groups is 1. The second kappa shape index (κ2) is 8.43. The summed E-state index contributed by atoms with van der Waals surface area (Å²) in [5.74, 6) is -0.903. The molecule has 0 fully saturated rings. The van der Waals surface area contributed by atoms with Crippen LogP contribution in [0.25, 0.3) is 0 Å². The number of hydrogen-bond acceptors (Lipinski definition) is 4. The molecule has 3 aromatic rings. The van der Waals surface area contributed by atoms with Gasteiger partial charge in [-0.1, -0.05) is 42.5 Å². The summed E-state index contributed by atoms with van der Waals surface area (Å²) < 4.78 is 47.0. The Morgan fingerprint density at radius 1 is 1.00 bits per heavy atom. The van der Waals surface area contributed by atoms with Crippen molar-refractivity contribution >= 4 is 11.6 Å². The lowest BCUT2D eigenvalue weighted by atomic mass is 10.2. The van der Waals surface area contributed by atoms with Crippen molar-refractivity contribution in [2.75, 3.05) is 5.32 Å². The van der Waals surface area contributed by atoms with E-state index in [-0.39, 0.29) is 23.7 Å². The zero-order chi connectivity index (χ0) is 20.0. The topological polar surface area (TPSA) is 60.5 Å². The number of amides is 1. The molecule has 0 radical (unpaired) electrons. The molecule has 1 aromatic heterocycles. The van der Waals surface area contributed by atoms with Gasteiger partial charge in [0, 0.05) is 17.8 Å². The lowest BCUT2D eigenvalue weighted by Gasteiger charge is -2.14. The van der Waals surface area contributed by atoms with Crippen molar-refractivity contribution in [2.24, 2.45) is 0 Å². The number of aromatic nitrogens is 1. The number of benzene rings is 2. The van der Waals surface area contributed by atoms with Gasteiger partial charge in [-0.3, -0.25) is 4.79 Å². The zero-order valence-electron chi connectivity index (χ0n) is 14.4. The highest BCUT2D eigenvalue weighted by molar-refractivity contribution is 6.05. The van der Waals surface area contributed by atoms with Crippen molar-refractivity contribution in [3.63, 3.8) is 0 Å². The normalized spacial score (nSPS) is 11.0. The molecule has 1 amide bonds. The zero-order valence-corrected chi connectivity index (χ0v) is 14.4. The maximum atomic E-state index is 12.5. The van der Waals surface area contributed by atoms with Gasteiger partial charge in [0.15, 0.2) is 5.75 Å². The number of nitrogens with one attached hydrogen (secondary N) is 1. The summed E-state index contributed by atoms with van der Waals surface area (Å²) in [5, 5.41) is 2.40. The van der Waals surface area contributed by atoms with Gasteiger partial charge in [0.05, 0.1) is 5.69 Å². The number of rotatable bonds is 6. The molecule has 0 aliphatic heterocycles. The van der Waals surface area contributed by atoms with E-state index in [9.17, 15) is 18.0 Å². The molecule has 1 N–H and O–H groups in total. The van der Waals surface area contributed by atoms with Crippen LogP contribution in [-0.2, 0) is 6.61 Å². The Labute approximate surface area is 158 Å². The number of hydrogen-bond donors (Lipinski definition) is 1. The molecule has 28 heavy (non-hydrogen) atoms. The van der Waals surface area contributed by atoms with Crippen LogP contribution in [0.4, 0.5) is 18.9 Å². The minimum atomic E-state index is -4.87. The van der Waals surface area contributed by atoms with Gasteiger partial charge in [-0.25, -0.2) is 4.98 Å². The Kier molecular flexibility index (Phi) is 5.78. The van der Waals surface area contributed by atoms with E-state index in [2.05, 4.69) is 15.0 Å². The summed E-state index contributed by atoms with van der Waals surface area (Å²) in [4.78, 5) is 16.5. The molecule has 5 nitrogen and oxygen atoms in total. The van der Waals surface area contributed by atoms with E-state index in [0.717, 1.165) is 11.6 Å². The second-order valence-corrected chi connectivity index (χ2v) is 5.66. The van der Waals surface area contributed by atoms with Crippen molar-refractivity contribution < 1.29 is 27.4 Å². The number of alkyl halides is 3. The standard InChI is InChI=1S/C20H15F3N2O3/c21-20(22,23)28-17-9-5-4-8-16(17)25-19(26)15-10-11-24-18(12-15)27-13-14-6-2-1-3-7-14/h1-12H,13H2,(H,25,26). The van der Waals surface area contributed by atoms with Crippen molar-refractivity contribution in [1.82, 2.24) is 4.98 Å². The fourth-order valence-electron chi connectivity index (χ4n) is 2.34. The molecular weight excluding hydrogens is 373 g/mol. The van der Waals surface area contributed by atoms with Crippen LogP contribution in [0.3, 0.4) is 0 Å². The van der Waals surface area contributed by atoms with Crippen LogP contribution in [0.5, 0.6) is 11.6 Å². The molecule has 0 saturated carbocycles. The number of nitrogens with zero attached hydrogens (tertiary/aromatic N) is 1. The van der Waals surface area contributed by atoms with Crippen LogP contribution < -0.4 is 14.8 Å². The van der Waals surface area contributed by atoms with E-state index in [0.29, 0.717) is 0 Å². The lowest BCUT2D eigenvalue weighted by Crippen LogP contribution is -2.19. The van der Waals surface area contributed by atoms with E-state index in [4.69, 9.17) is 4.74 Å². The third-order valence-corrected chi connectivity index (χ3v) is 3.59. The Balaban J connectivity index is 1.70. The third-order valence-electron chi connectivity index (χ3n) is 3.59. The highest BCUT2D eigenvalue weighted by atomic mass is 19.4. The van der Waals surface area contributed by atoms with Crippen molar-refractivity contribution in [3.8, 4) is 11.6 Å². The number of ether oxygens (including phenoxy) is 2. The SMILES string of the molecule is O=C(Nc1ccccc1OC(F)(F)F)c1ccnc(OCc2ccccc2)c1. The Morgan fingerprint density at radius 3 is 2.46 bits per heavy atom. The van der Waals surface area contributed by atoms with Crippen molar-refractivity contribution in [3.05, 3.63) is 84.1 Å². The smallest absolute Gasteiger partial charge is 0.473 e. The summed E-state index contributed by atoms with van der Waals surface area (Å²) in [7, 11) is 0. The first-order valence-corrected chi connectivity index (χ1v) is 8.19. The minimum Gasteiger partial charge on any atom is -0.473 e. The average Bonchev–Trinajstić information content (AvgIpc) is 2.68. The van der Waals surface area contributed by atoms with E-state index < -0.39 is 18.0 Å². The van der Waals surface area contributed by atoms with Crippen LogP contribution in [0.1, 0.15) is 15.9 Å². The largest absolute Gasteiger partial charge is 0.573 e. The van der Waals surface area contributed by atoms with Crippen LogP contribution in [0.15, 0.2) is 72.9 Å². The van der Waals surface area contributed by atoms with E-state index in [1.54, 1.807) is 0 Å². The van der Waals surface area contributed by atoms with Gasteiger partial charge in [-0.2, -0.15) is 0 Å². The molecular formula is C20H15F3N2O3. The summed E-state index contributed by atoms with van der Waals surface area (Å²) in [6.07, 6.45) is -3.48. The first-order valence-electron chi connectivity index (χ1n) is 8.19. The number of para-hydroxylation sites is 2. The van der Waals surface area contributed by atoms with Crippen molar-refractivity contribution in [2.45, 2.75) is 13.0 Å². The molecule has 0 saturated heterocycles. The fraction of sp³-hybridized carbons (Fsp3) is 0.100. The first-order chi connectivity index (χ1) is 13.4. The Hall–Kier alpha value is -3.55. The fourth-order valence-corrected chi connectivity index (χ4v) is 2.34. The average molecular weight is 388 g/mol. The quantitative estimate of drug-likeness (QED) is 0.658. The lowest BCUT2D eigenvalue weighted by molar-refractivity contribution is -0.274.